The van der Waals surface area contributed by atoms with Crippen molar-refractivity contribution in [2.75, 3.05) is 7.05 Å². The van der Waals surface area contributed by atoms with Gasteiger partial charge in [0.1, 0.15) is 24.6 Å². The summed E-state index contributed by atoms with van der Waals surface area (Å²) in [6.45, 7) is 4.44. The summed E-state index contributed by atoms with van der Waals surface area (Å²) in [6.07, 6.45) is -5.00. The highest BCUT2D eigenvalue weighted by molar-refractivity contribution is 5.83. The molecule has 0 radical (unpaired) electrons. The maximum atomic E-state index is 14.1. The fourth-order valence-corrected chi connectivity index (χ4v) is 4.21. The van der Waals surface area contributed by atoms with Gasteiger partial charge in [-0.25, -0.2) is 0 Å². The van der Waals surface area contributed by atoms with Crippen molar-refractivity contribution in [3.05, 3.63) is 99.4 Å². The summed E-state index contributed by atoms with van der Waals surface area (Å²) < 4.78 is 53.3. The molecule has 0 saturated heterocycles. The van der Waals surface area contributed by atoms with Gasteiger partial charge in [-0.3, -0.25) is 4.79 Å². The predicted molar refractivity (Wildman–Crippen MR) is 130 cm³/mol. The number of ether oxygens (including phenoxy) is 1. The summed E-state index contributed by atoms with van der Waals surface area (Å²) in [6, 6.07) is 18.7. The number of phenols is 1. The van der Waals surface area contributed by atoms with Crippen LogP contribution in [0.15, 0.2) is 75.9 Å². The van der Waals surface area contributed by atoms with Crippen LogP contribution in [0.1, 0.15) is 42.2 Å². The smallest absolute Gasteiger partial charge is 0.453 e. The highest BCUT2D eigenvalue weighted by Gasteiger charge is 2.41. The molecule has 0 fully saturated rings. The summed E-state index contributed by atoms with van der Waals surface area (Å²) in [7, 11) is 1.84. The Hall–Kier alpha value is -3.78. The van der Waals surface area contributed by atoms with E-state index in [1.54, 1.807) is 18.2 Å². The number of rotatable bonds is 7. The zero-order valence-electron chi connectivity index (χ0n) is 20.1. The van der Waals surface area contributed by atoms with Gasteiger partial charge < -0.3 is 19.2 Å². The molecule has 1 atom stereocenters. The molecule has 5 nitrogen and oxygen atoms in total. The molecule has 1 unspecified atom stereocenters. The fourth-order valence-electron chi connectivity index (χ4n) is 4.21. The number of para-hydroxylation sites is 1. The summed E-state index contributed by atoms with van der Waals surface area (Å²) in [5.74, 6) is -2.61. The van der Waals surface area contributed by atoms with Crippen LogP contribution in [0.2, 0.25) is 0 Å². The van der Waals surface area contributed by atoms with Crippen molar-refractivity contribution in [2.45, 2.75) is 39.0 Å². The number of halogens is 3. The van der Waals surface area contributed by atoms with Crippen molar-refractivity contribution < 1.29 is 32.3 Å². The number of quaternary nitrogens is 1. The highest BCUT2D eigenvalue weighted by atomic mass is 19.4. The molecule has 1 heterocycles. The zero-order chi connectivity index (χ0) is 26.0. The number of hydrogen-bond donors (Lipinski definition) is 2. The lowest BCUT2D eigenvalue weighted by Gasteiger charge is -2.19. The summed E-state index contributed by atoms with van der Waals surface area (Å²) >= 11 is 0. The molecule has 0 saturated carbocycles. The van der Waals surface area contributed by atoms with Crippen LogP contribution in [-0.4, -0.2) is 12.2 Å². The molecule has 0 aliphatic heterocycles. The SMILES string of the molecule is CC(C)c1ccccc1Oc1c(C(F)(F)F)oc2c(C[NH+](C)Cc3ccccc3)c(O)ccc2c1=O. The van der Waals surface area contributed by atoms with Gasteiger partial charge in [-0.05, 0) is 29.7 Å². The maximum absolute atomic E-state index is 14.1. The Morgan fingerprint density at radius 2 is 1.64 bits per heavy atom. The quantitative estimate of drug-likeness (QED) is 0.346. The molecule has 1 aromatic heterocycles. The number of hydrogen-bond acceptors (Lipinski definition) is 4. The summed E-state index contributed by atoms with van der Waals surface area (Å²) in [5, 5.41) is 10.4. The average molecular weight is 499 g/mol. The molecule has 0 aliphatic rings. The standard InChI is InChI=1S/C28H26F3NO4/c1-17(2)19-11-7-8-12-23(19)35-26-24(34)20-13-14-22(33)21(25(20)36-27(26)28(29,30)31)16-32(3)15-18-9-5-4-6-10-18/h4-14,17,33H,15-16H2,1-3H3/p+1. The molecule has 0 amide bonds. The van der Waals surface area contributed by atoms with Crippen LogP contribution in [0, 0.1) is 0 Å². The first-order chi connectivity index (χ1) is 17.1. The van der Waals surface area contributed by atoms with E-state index in [-0.39, 0.29) is 40.5 Å². The second-order valence-electron chi connectivity index (χ2n) is 9.12. The Balaban J connectivity index is 1.83. The Bertz CT molecular complexity index is 1430. The lowest BCUT2D eigenvalue weighted by Crippen LogP contribution is -3.06. The van der Waals surface area contributed by atoms with Gasteiger partial charge in [0.15, 0.2) is 5.58 Å². The molecule has 2 N–H and O–H groups in total. The third-order valence-electron chi connectivity index (χ3n) is 5.93. The topological polar surface area (TPSA) is 64.1 Å². The lowest BCUT2D eigenvalue weighted by atomic mass is 10.0. The van der Waals surface area contributed by atoms with Crippen molar-refractivity contribution >= 4 is 11.0 Å². The Labute approximate surface area is 206 Å². The van der Waals surface area contributed by atoms with Gasteiger partial charge in [0.2, 0.25) is 11.2 Å². The molecule has 0 aliphatic carbocycles. The fraction of sp³-hybridized carbons (Fsp3) is 0.250. The lowest BCUT2D eigenvalue weighted by molar-refractivity contribution is -0.907. The first-order valence-corrected chi connectivity index (χ1v) is 11.6. The minimum atomic E-state index is -5.00. The normalized spacial score (nSPS) is 12.8. The summed E-state index contributed by atoms with van der Waals surface area (Å²) in [5.41, 5.74) is 0.542. The van der Waals surface area contributed by atoms with Crippen LogP contribution < -0.4 is 15.1 Å². The molecule has 4 aromatic rings. The number of aromatic hydroxyl groups is 1. The molecule has 36 heavy (non-hydrogen) atoms. The molecule has 3 aromatic carbocycles. The van der Waals surface area contributed by atoms with Crippen molar-refractivity contribution in [3.63, 3.8) is 0 Å². The van der Waals surface area contributed by atoms with Crippen molar-refractivity contribution in [1.82, 2.24) is 0 Å². The summed E-state index contributed by atoms with van der Waals surface area (Å²) in [4.78, 5) is 14.2. The maximum Gasteiger partial charge on any atom is 0.453 e. The number of nitrogens with one attached hydrogen (secondary N) is 1. The molecular formula is C28H27F3NO4+. The van der Waals surface area contributed by atoms with Gasteiger partial charge in [-0.2, -0.15) is 13.2 Å². The third kappa shape index (κ3) is 5.23. The Morgan fingerprint density at radius 1 is 0.972 bits per heavy atom. The largest absolute Gasteiger partial charge is 0.507 e. The van der Waals surface area contributed by atoms with E-state index < -0.39 is 23.1 Å². The molecular weight excluding hydrogens is 471 g/mol. The van der Waals surface area contributed by atoms with Gasteiger partial charge in [-0.1, -0.05) is 62.4 Å². The van der Waals surface area contributed by atoms with Crippen LogP contribution >= 0.6 is 0 Å². The first kappa shape index (κ1) is 25.3. The Morgan fingerprint density at radius 3 is 2.31 bits per heavy atom. The number of phenolic OH excluding ortho intramolecular Hbond substituents is 1. The highest BCUT2D eigenvalue weighted by Crippen LogP contribution is 2.40. The Kier molecular flexibility index (Phi) is 7.08. The van der Waals surface area contributed by atoms with E-state index in [0.717, 1.165) is 10.5 Å². The van der Waals surface area contributed by atoms with E-state index in [1.165, 1.54) is 18.2 Å². The monoisotopic (exact) mass is 498 g/mol. The molecule has 4 rings (SSSR count). The van der Waals surface area contributed by atoms with Crippen LogP contribution in [0.25, 0.3) is 11.0 Å². The molecule has 0 spiro atoms. The third-order valence-corrected chi connectivity index (χ3v) is 5.93. The number of benzene rings is 3. The van der Waals surface area contributed by atoms with Crippen LogP contribution in [-0.2, 0) is 19.3 Å². The molecule has 8 heteroatoms. The van der Waals surface area contributed by atoms with Crippen molar-refractivity contribution in [1.29, 1.82) is 0 Å². The minimum absolute atomic E-state index is 0.0466. The van der Waals surface area contributed by atoms with Gasteiger partial charge in [0.25, 0.3) is 5.76 Å². The van der Waals surface area contributed by atoms with Crippen LogP contribution in [0.3, 0.4) is 0 Å². The predicted octanol–water partition coefficient (Wildman–Crippen LogP) is 5.65. The van der Waals surface area contributed by atoms with E-state index in [4.69, 9.17) is 9.15 Å². The van der Waals surface area contributed by atoms with Gasteiger partial charge in [0.05, 0.1) is 18.0 Å². The average Bonchev–Trinajstić information content (AvgIpc) is 2.82. The van der Waals surface area contributed by atoms with E-state index >= 15 is 0 Å². The van der Waals surface area contributed by atoms with E-state index in [1.807, 2.05) is 51.2 Å². The second kappa shape index (κ2) is 10.1. The van der Waals surface area contributed by atoms with Crippen molar-refractivity contribution in [3.8, 4) is 17.2 Å². The van der Waals surface area contributed by atoms with Crippen LogP contribution in [0.4, 0.5) is 13.2 Å². The number of fused-ring (bicyclic) bond motifs is 1. The van der Waals surface area contributed by atoms with Gasteiger partial charge in [0, 0.05) is 5.56 Å². The van der Waals surface area contributed by atoms with E-state index in [9.17, 15) is 23.1 Å². The minimum Gasteiger partial charge on any atom is -0.507 e. The van der Waals surface area contributed by atoms with Gasteiger partial charge in [-0.15, -0.1) is 0 Å². The van der Waals surface area contributed by atoms with Crippen molar-refractivity contribution in [2.24, 2.45) is 0 Å². The molecule has 0 bridgehead atoms. The van der Waals surface area contributed by atoms with E-state index in [2.05, 4.69) is 0 Å². The van der Waals surface area contributed by atoms with E-state index in [0.29, 0.717) is 12.1 Å². The van der Waals surface area contributed by atoms with Gasteiger partial charge >= 0.3 is 6.18 Å². The molecule has 188 valence electrons. The van der Waals surface area contributed by atoms with Crippen LogP contribution in [0.5, 0.6) is 17.2 Å². The second-order valence-corrected chi connectivity index (χ2v) is 9.12. The zero-order valence-corrected chi connectivity index (χ0v) is 20.1. The number of alkyl halides is 3. The first-order valence-electron chi connectivity index (χ1n) is 11.6.